The molecule has 3 N–H and O–H groups in total. The average molecular weight is 337 g/mol. The number of hydrogen-bond donors (Lipinski definition) is 3. The first kappa shape index (κ1) is 19.7. The van der Waals surface area contributed by atoms with Crippen molar-refractivity contribution >= 4 is 17.7 Å². The van der Waals surface area contributed by atoms with E-state index >= 15 is 0 Å². The predicted molar refractivity (Wildman–Crippen MR) is 78.8 cm³/mol. The van der Waals surface area contributed by atoms with Crippen molar-refractivity contribution in [3.05, 3.63) is 0 Å². The zero-order valence-electron chi connectivity index (χ0n) is 13.1. The van der Waals surface area contributed by atoms with Crippen molar-refractivity contribution in [2.45, 2.75) is 38.2 Å². The molecule has 4 unspecified atom stereocenters. The summed E-state index contributed by atoms with van der Waals surface area (Å²) in [6.45, 7) is 1.80. The Hall–Kier alpha value is -1.32. The molecule has 0 spiro atoms. The third kappa shape index (κ3) is 5.08. The Morgan fingerprint density at radius 2 is 2.22 bits per heavy atom. The van der Waals surface area contributed by atoms with Crippen LogP contribution in [0.15, 0.2) is 4.99 Å². The van der Waals surface area contributed by atoms with Crippen molar-refractivity contribution in [2.75, 3.05) is 20.3 Å². The normalized spacial score (nSPS) is 24.7. The van der Waals surface area contributed by atoms with Crippen LogP contribution in [0.1, 0.15) is 19.8 Å². The average Bonchev–Trinajstić information content (AvgIpc) is 2.51. The van der Waals surface area contributed by atoms with Crippen LogP contribution in [0.3, 0.4) is 0 Å². The molecule has 4 atom stereocenters. The molecule has 9 heteroatoms. The third-order valence-corrected chi connectivity index (χ3v) is 3.77. The van der Waals surface area contributed by atoms with Crippen molar-refractivity contribution in [3.8, 4) is 0 Å². The predicted octanol–water partition coefficient (Wildman–Crippen LogP) is 1.18. The summed E-state index contributed by atoms with van der Waals surface area (Å²) in [4.78, 5) is 16.2. The quantitative estimate of drug-likeness (QED) is 0.458. The Morgan fingerprint density at radius 3 is 2.70 bits per heavy atom. The first-order chi connectivity index (χ1) is 10.8. The standard InChI is InChI=1S/C14H22F3N3O3/c1-3-23-7-10-8(4-5-11(20-10)14(15,16)17)12(21)9(6-18)13(22)19-2/h6,8-9,11,13,18-19,22H,3-5,7H2,1-2H3. The van der Waals surface area contributed by atoms with E-state index in [9.17, 15) is 23.1 Å². The van der Waals surface area contributed by atoms with Gasteiger partial charge in [-0.25, -0.2) is 0 Å². The van der Waals surface area contributed by atoms with Gasteiger partial charge in [-0.2, -0.15) is 13.2 Å². The van der Waals surface area contributed by atoms with Crippen LogP contribution in [0.2, 0.25) is 0 Å². The number of halogens is 3. The zero-order chi connectivity index (χ0) is 17.6. The molecule has 0 bridgehead atoms. The number of aliphatic hydroxyl groups excluding tert-OH is 1. The number of carbonyl (C=O) groups is 1. The van der Waals surface area contributed by atoms with Gasteiger partial charge in [0, 0.05) is 18.5 Å². The maximum Gasteiger partial charge on any atom is 0.410 e. The van der Waals surface area contributed by atoms with Crippen molar-refractivity contribution in [1.29, 1.82) is 5.41 Å². The number of rotatable bonds is 8. The fourth-order valence-electron chi connectivity index (χ4n) is 2.47. The summed E-state index contributed by atoms with van der Waals surface area (Å²) in [6, 6.07) is -1.84. The van der Waals surface area contributed by atoms with Crippen LogP contribution >= 0.6 is 0 Å². The summed E-state index contributed by atoms with van der Waals surface area (Å²) in [5, 5.41) is 19.5. The van der Waals surface area contributed by atoms with Gasteiger partial charge in [0.15, 0.2) is 5.78 Å². The minimum Gasteiger partial charge on any atom is -0.377 e. The fraction of sp³-hybridized carbons (Fsp3) is 0.786. The van der Waals surface area contributed by atoms with Crippen LogP contribution in [0, 0.1) is 17.2 Å². The highest BCUT2D eigenvalue weighted by Gasteiger charge is 2.44. The lowest BCUT2D eigenvalue weighted by molar-refractivity contribution is -0.151. The maximum absolute atomic E-state index is 12.9. The van der Waals surface area contributed by atoms with E-state index in [1.54, 1.807) is 6.92 Å². The van der Waals surface area contributed by atoms with Gasteiger partial charge in [-0.1, -0.05) is 0 Å². The Bertz CT molecular complexity index is 454. The SMILES string of the molecule is CCOCC1=NC(C(F)(F)F)CCC1C(=O)C(C=N)C(O)NC. The van der Waals surface area contributed by atoms with E-state index in [4.69, 9.17) is 10.1 Å². The van der Waals surface area contributed by atoms with E-state index in [1.807, 2.05) is 0 Å². The summed E-state index contributed by atoms with van der Waals surface area (Å²) in [7, 11) is 1.42. The number of aliphatic imine (C=N–C) groups is 1. The molecule has 0 fully saturated rings. The van der Waals surface area contributed by atoms with Crippen LogP contribution in [0.5, 0.6) is 0 Å². The van der Waals surface area contributed by atoms with Crippen LogP contribution in [0.4, 0.5) is 13.2 Å². The van der Waals surface area contributed by atoms with Crippen LogP contribution in [-0.2, 0) is 9.53 Å². The Labute approximate surface area is 132 Å². The number of nitrogens with zero attached hydrogens (tertiary/aromatic N) is 1. The third-order valence-electron chi connectivity index (χ3n) is 3.77. The number of aliphatic hydroxyl groups is 1. The van der Waals surface area contributed by atoms with E-state index in [2.05, 4.69) is 10.3 Å². The van der Waals surface area contributed by atoms with Gasteiger partial charge < -0.3 is 15.3 Å². The number of carbonyl (C=O) groups excluding carboxylic acids is 1. The molecule has 1 rings (SSSR count). The minimum absolute atomic E-state index is 0.0283. The summed E-state index contributed by atoms with van der Waals surface area (Å²) in [5.41, 5.74) is 0.0283. The molecule has 23 heavy (non-hydrogen) atoms. The number of alkyl halides is 3. The lowest BCUT2D eigenvalue weighted by Gasteiger charge is -2.30. The number of hydrogen-bond acceptors (Lipinski definition) is 6. The number of Topliss-reactive ketones (excluding diaryl/α,β-unsaturated/α-hetero) is 1. The van der Waals surface area contributed by atoms with E-state index in [1.165, 1.54) is 7.05 Å². The topological polar surface area (TPSA) is 94.8 Å². The van der Waals surface area contributed by atoms with Gasteiger partial charge in [0.25, 0.3) is 0 Å². The monoisotopic (exact) mass is 337 g/mol. The lowest BCUT2D eigenvalue weighted by Crippen LogP contribution is -2.46. The highest BCUT2D eigenvalue weighted by molar-refractivity contribution is 6.11. The zero-order valence-corrected chi connectivity index (χ0v) is 13.1. The van der Waals surface area contributed by atoms with Gasteiger partial charge in [-0.05, 0) is 26.8 Å². The molecule has 1 heterocycles. The van der Waals surface area contributed by atoms with E-state index in [0.717, 1.165) is 6.21 Å². The molecular formula is C14H22F3N3O3. The molecule has 0 aliphatic carbocycles. The van der Waals surface area contributed by atoms with Gasteiger partial charge in [0.2, 0.25) is 0 Å². The molecule has 0 amide bonds. The fourth-order valence-corrected chi connectivity index (χ4v) is 2.47. The molecule has 1 aliphatic rings. The molecular weight excluding hydrogens is 315 g/mol. The van der Waals surface area contributed by atoms with Gasteiger partial charge in [0.1, 0.15) is 12.3 Å². The van der Waals surface area contributed by atoms with Crippen molar-refractivity contribution in [2.24, 2.45) is 16.8 Å². The summed E-state index contributed by atoms with van der Waals surface area (Å²) in [6.07, 6.45) is -5.27. The molecule has 6 nitrogen and oxygen atoms in total. The number of ketones is 1. The molecule has 0 aromatic heterocycles. The van der Waals surface area contributed by atoms with Gasteiger partial charge >= 0.3 is 6.18 Å². The van der Waals surface area contributed by atoms with Crippen LogP contribution < -0.4 is 5.32 Å². The van der Waals surface area contributed by atoms with E-state index < -0.39 is 36.1 Å². The number of ether oxygens (including phenoxy) is 1. The van der Waals surface area contributed by atoms with E-state index in [0.29, 0.717) is 0 Å². The first-order valence-electron chi connectivity index (χ1n) is 7.36. The maximum atomic E-state index is 12.9. The first-order valence-corrected chi connectivity index (χ1v) is 7.36. The molecule has 0 aromatic rings. The Morgan fingerprint density at radius 1 is 1.57 bits per heavy atom. The van der Waals surface area contributed by atoms with Crippen LogP contribution in [0.25, 0.3) is 0 Å². The minimum atomic E-state index is -4.46. The van der Waals surface area contributed by atoms with Crippen molar-refractivity contribution < 1.29 is 27.8 Å². The van der Waals surface area contributed by atoms with E-state index in [-0.39, 0.29) is 31.8 Å². The Balaban J connectivity index is 3.03. The summed E-state index contributed by atoms with van der Waals surface area (Å²) >= 11 is 0. The molecule has 1 aliphatic heterocycles. The van der Waals surface area contributed by atoms with Crippen LogP contribution in [-0.4, -0.2) is 61.5 Å². The Kier molecular flexibility index (Phi) is 7.30. The smallest absolute Gasteiger partial charge is 0.377 e. The molecule has 0 radical (unpaired) electrons. The van der Waals surface area contributed by atoms with Crippen molar-refractivity contribution in [3.63, 3.8) is 0 Å². The highest BCUT2D eigenvalue weighted by atomic mass is 19.4. The lowest BCUT2D eigenvalue weighted by atomic mass is 9.82. The number of nitrogens with one attached hydrogen (secondary N) is 2. The van der Waals surface area contributed by atoms with Crippen molar-refractivity contribution in [1.82, 2.24) is 5.32 Å². The van der Waals surface area contributed by atoms with Gasteiger partial charge in [-0.15, -0.1) is 0 Å². The largest absolute Gasteiger partial charge is 0.410 e. The second-order valence-electron chi connectivity index (χ2n) is 5.27. The molecule has 132 valence electrons. The molecule has 0 saturated heterocycles. The van der Waals surface area contributed by atoms with Gasteiger partial charge in [-0.3, -0.25) is 15.1 Å². The molecule has 0 aromatic carbocycles. The second kappa shape index (κ2) is 8.51. The van der Waals surface area contributed by atoms with Gasteiger partial charge in [0.05, 0.1) is 18.4 Å². The molecule has 0 saturated carbocycles. The summed E-state index contributed by atoms with van der Waals surface area (Å²) < 4.78 is 43.7. The highest BCUT2D eigenvalue weighted by Crippen LogP contribution is 2.33. The summed E-state index contributed by atoms with van der Waals surface area (Å²) in [5.74, 6) is -2.55. The second-order valence-corrected chi connectivity index (χ2v) is 5.27.